The third kappa shape index (κ3) is 4.89. The summed E-state index contributed by atoms with van der Waals surface area (Å²) in [6.45, 7) is 1.32. The second-order valence-electron chi connectivity index (χ2n) is 8.40. The first-order valence-corrected chi connectivity index (χ1v) is 10.6. The first-order chi connectivity index (χ1) is 14.0. The Kier molecular flexibility index (Phi) is 5.74. The molecule has 2 N–H and O–H groups in total. The third-order valence-electron chi connectivity index (χ3n) is 6.09. The monoisotopic (exact) mass is 399 g/mol. The van der Waals surface area contributed by atoms with Gasteiger partial charge in [-0.25, -0.2) is 0 Å². The van der Waals surface area contributed by atoms with Crippen LogP contribution < -0.4 is 15.4 Å². The summed E-state index contributed by atoms with van der Waals surface area (Å²) in [6.07, 6.45) is 5.46. The van der Waals surface area contributed by atoms with Gasteiger partial charge in [0, 0.05) is 30.6 Å². The molecule has 3 fully saturated rings. The first-order valence-electron chi connectivity index (χ1n) is 10.6. The molecule has 0 bridgehead atoms. The standard InChI is InChI=1S/C22H29N3O4/c1-29-18-8-4-15(5-9-18)20(26)24-19(21(27)23-17-6-7-17)14-10-12-25(13-11-14)22(28)16-2-3-16/h4-5,8-9,14,16-17,19H,2-3,6-7,10-13H2,1H3,(H,23,27)(H,24,26)/t19-/m0/s1. The number of amides is 3. The van der Waals surface area contributed by atoms with Gasteiger partial charge >= 0.3 is 0 Å². The fourth-order valence-corrected chi connectivity index (χ4v) is 3.92. The van der Waals surface area contributed by atoms with Crippen molar-refractivity contribution in [2.24, 2.45) is 11.8 Å². The Morgan fingerprint density at radius 2 is 1.66 bits per heavy atom. The van der Waals surface area contributed by atoms with E-state index in [0.29, 0.717) is 24.4 Å². The van der Waals surface area contributed by atoms with E-state index >= 15 is 0 Å². The fraction of sp³-hybridized carbons (Fsp3) is 0.591. The number of carbonyl (C=O) groups excluding carboxylic acids is 3. The van der Waals surface area contributed by atoms with E-state index in [1.165, 1.54) is 0 Å². The first kappa shape index (κ1) is 19.7. The van der Waals surface area contributed by atoms with Crippen LogP contribution in [0.5, 0.6) is 5.75 Å². The molecule has 29 heavy (non-hydrogen) atoms. The molecule has 2 aliphatic carbocycles. The van der Waals surface area contributed by atoms with Crippen LogP contribution in [0.3, 0.4) is 0 Å². The minimum Gasteiger partial charge on any atom is -0.497 e. The van der Waals surface area contributed by atoms with Gasteiger partial charge in [-0.1, -0.05) is 0 Å². The summed E-state index contributed by atoms with van der Waals surface area (Å²) in [5.74, 6) is 0.804. The number of ether oxygens (including phenoxy) is 1. The van der Waals surface area contributed by atoms with Gasteiger partial charge in [0.2, 0.25) is 11.8 Å². The molecule has 1 saturated heterocycles. The SMILES string of the molecule is COc1ccc(C(=O)N[C@H](C(=O)NC2CC2)C2CCN(C(=O)C3CC3)CC2)cc1. The van der Waals surface area contributed by atoms with Gasteiger partial charge in [0.05, 0.1) is 7.11 Å². The molecule has 3 aliphatic rings. The highest BCUT2D eigenvalue weighted by Crippen LogP contribution is 2.33. The number of likely N-dealkylation sites (tertiary alicyclic amines) is 1. The summed E-state index contributed by atoms with van der Waals surface area (Å²) in [4.78, 5) is 39.9. The van der Waals surface area contributed by atoms with Gasteiger partial charge in [-0.05, 0) is 68.7 Å². The van der Waals surface area contributed by atoms with E-state index < -0.39 is 6.04 Å². The van der Waals surface area contributed by atoms with Crippen molar-refractivity contribution in [1.82, 2.24) is 15.5 Å². The number of nitrogens with zero attached hydrogens (tertiary/aromatic N) is 1. The van der Waals surface area contributed by atoms with Crippen molar-refractivity contribution < 1.29 is 19.1 Å². The number of carbonyl (C=O) groups is 3. The van der Waals surface area contributed by atoms with Crippen LogP contribution in [0.2, 0.25) is 0 Å². The summed E-state index contributed by atoms with van der Waals surface area (Å²) < 4.78 is 5.14. The minimum atomic E-state index is -0.580. The molecule has 0 radical (unpaired) electrons. The molecule has 1 heterocycles. The molecule has 0 aromatic heterocycles. The van der Waals surface area contributed by atoms with Crippen LogP contribution in [-0.4, -0.2) is 54.9 Å². The van der Waals surface area contributed by atoms with Crippen molar-refractivity contribution in [3.63, 3.8) is 0 Å². The fourth-order valence-electron chi connectivity index (χ4n) is 3.92. The molecule has 1 aliphatic heterocycles. The summed E-state index contributed by atoms with van der Waals surface area (Å²) >= 11 is 0. The molecule has 0 spiro atoms. The van der Waals surface area contributed by atoms with E-state index in [1.807, 2.05) is 4.90 Å². The molecule has 2 saturated carbocycles. The molecule has 3 amide bonds. The number of nitrogens with one attached hydrogen (secondary N) is 2. The summed E-state index contributed by atoms with van der Waals surface area (Å²) in [6, 6.07) is 6.51. The minimum absolute atomic E-state index is 0.0270. The molecular weight excluding hydrogens is 370 g/mol. The van der Waals surface area contributed by atoms with Crippen molar-refractivity contribution in [2.45, 2.75) is 50.6 Å². The van der Waals surface area contributed by atoms with Crippen molar-refractivity contribution in [2.75, 3.05) is 20.2 Å². The zero-order chi connectivity index (χ0) is 20.4. The van der Waals surface area contributed by atoms with Crippen LogP contribution in [-0.2, 0) is 9.59 Å². The smallest absolute Gasteiger partial charge is 0.251 e. The molecule has 7 nitrogen and oxygen atoms in total. The highest BCUT2D eigenvalue weighted by atomic mass is 16.5. The van der Waals surface area contributed by atoms with E-state index in [-0.39, 0.29) is 35.6 Å². The predicted molar refractivity (Wildman–Crippen MR) is 107 cm³/mol. The number of hydrogen-bond acceptors (Lipinski definition) is 4. The molecular formula is C22H29N3O4. The summed E-state index contributed by atoms with van der Waals surface area (Å²) in [7, 11) is 1.58. The molecule has 1 aromatic carbocycles. The van der Waals surface area contributed by atoms with Gasteiger partial charge in [-0.3, -0.25) is 14.4 Å². The number of benzene rings is 1. The largest absolute Gasteiger partial charge is 0.497 e. The molecule has 0 unspecified atom stereocenters. The number of methoxy groups -OCH3 is 1. The van der Waals surface area contributed by atoms with E-state index in [9.17, 15) is 14.4 Å². The molecule has 1 atom stereocenters. The Balaban J connectivity index is 1.40. The van der Waals surface area contributed by atoms with Crippen molar-refractivity contribution >= 4 is 17.7 Å². The Morgan fingerprint density at radius 1 is 1.00 bits per heavy atom. The maximum Gasteiger partial charge on any atom is 0.251 e. The van der Waals surface area contributed by atoms with Gasteiger partial charge in [0.25, 0.3) is 5.91 Å². The van der Waals surface area contributed by atoms with Crippen LogP contribution in [0.25, 0.3) is 0 Å². The van der Waals surface area contributed by atoms with Crippen LogP contribution in [0.15, 0.2) is 24.3 Å². The van der Waals surface area contributed by atoms with Gasteiger partial charge in [0.15, 0.2) is 0 Å². The van der Waals surface area contributed by atoms with E-state index in [2.05, 4.69) is 10.6 Å². The quantitative estimate of drug-likeness (QED) is 0.731. The van der Waals surface area contributed by atoms with Gasteiger partial charge < -0.3 is 20.3 Å². The maximum atomic E-state index is 12.9. The van der Waals surface area contributed by atoms with Crippen molar-refractivity contribution in [3.05, 3.63) is 29.8 Å². The zero-order valence-corrected chi connectivity index (χ0v) is 16.9. The lowest BCUT2D eigenvalue weighted by molar-refractivity contribution is -0.134. The Labute approximate surface area is 171 Å². The van der Waals surface area contributed by atoms with E-state index in [4.69, 9.17) is 4.74 Å². The predicted octanol–water partition coefficient (Wildman–Crippen LogP) is 1.72. The van der Waals surface area contributed by atoms with Crippen molar-refractivity contribution in [3.8, 4) is 5.75 Å². The molecule has 4 rings (SSSR count). The second-order valence-corrected chi connectivity index (χ2v) is 8.40. The zero-order valence-electron chi connectivity index (χ0n) is 16.9. The second kappa shape index (κ2) is 8.43. The van der Waals surface area contributed by atoms with Crippen LogP contribution in [0.4, 0.5) is 0 Å². The maximum absolute atomic E-state index is 12.9. The van der Waals surface area contributed by atoms with Crippen LogP contribution in [0.1, 0.15) is 48.9 Å². The highest BCUT2D eigenvalue weighted by molar-refractivity contribution is 5.97. The Morgan fingerprint density at radius 3 is 2.21 bits per heavy atom. The van der Waals surface area contributed by atoms with Gasteiger partial charge in [0.1, 0.15) is 11.8 Å². The average molecular weight is 399 g/mol. The lowest BCUT2D eigenvalue weighted by atomic mass is 9.88. The Bertz CT molecular complexity index is 763. The lowest BCUT2D eigenvalue weighted by Gasteiger charge is -2.36. The summed E-state index contributed by atoms with van der Waals surface area (Å²) in [5.41, 5.74) is 0.497. The van der Waals surface area contributed by atoms with Crippen LogP contribution >= 0.6 is 0 Å². The summed E-state index contributed by atoms with van der Waals surface area (Å²) in [5, 5.41) is 5.99. The molecule has 1 aromatic rings. The highest BCUT2D eigenvalue weighted by Gasteiger charge is 2.39. The normalized spacial score (nSPS) is 20.7. The molecule has 7 heteroatoms. The number of hydrogen-bond donors (Lipinski definition) is 2. The van der Waals surface area contributed by atoms with Crippen LogP contribution in [0, 0.1) is 11.8 Å². The topological polar surface area (TPSA) is 87.7 Å². The van der Waals surface area contributed by atoms with E-state index in [0.717, 1.165) is 38.5 Å². The van der Waals surface area contributed by atoms with Crippen molar-refractivity contribution in [1.29, 1.82) is 0 Å². The van der Waals surface area contributed by atoms with Gasteiger partial charge in [-0.15, -0.1) is 0 Å². The van der Waals surface area contributed by atoms with E-state index in [1.54, 1.807) is 31.4 Å². The lowest BCUT2D eigenvalue weighted by Crippen LogP contribution is -2.54. The average Bonchev–Trinajstić information content (AvgIpc) is 3.66. The number of piperidine rings is 1. The third-order valence-corrected chi connectivity index (χ3v) is 6.09. The number of rotatable bonds is 7. The molecule has 156 valence electrons. The Hall–Kier alpha value is -2.57. The van der Waals surface area contributed by atoms with Gasteiger partial charge in [-0.2, -0.15) is 0 Å².